The highest BCUT2D eigenvalue weighted by Crippen LogP contribution is 2.25. The summed E-state index contributed by atoms with van der Waals surface area (Å²) in [5.41, 5.74) is 1.19. The lowest BCUT2D eigenvalue weighted by Crippen LogP contribution is -2.16. The first-order chi connectivity index (χ1) is 8.33. The van der Waals surface area contributed by atoms with Crippen molar-refractivity contribution in [3.63, 3.8) is 0 Å². The van der Waals surface area contributed by atoms with Gasteiger partial charge >= 0.3 is 0 Å². The molecule has 3 rings (SSSR count). The first-order valence-electron chi connectivity index (χ1n) is 5.62. The van der Waals surface area contributed by atoms with E-state index in [2.05, 4.69) is 16.3 Å². The average Bonchev–Trinajstić information content (AvgIpc) is 2.95. The fraction of sp³-hybridized carbons (Fsp3) is 0.417. The molecule has 0 aliphatic carbocycles. The van der Waals surface area contributed by atoms with E-state index in [4.69, 9.17) is 9.47 Å². The molecule has 1 fully saturated rings. The Morgan fingerprint density at radius 2 is 2.53 bits per heavy atom. The molecule has 0 spiro atoms. The zero-order valence-electron chi connectivity index (χ0n) is 9.20. The van der Waals surface area contributed by atoms with E-state index in [-0.39, 0.29) is 11.9 Å². The van der Waals surface area contributed by atoms with Gasteiger partial charge in [-0.1, -0.05) is 0 Å². The SMILES string of the molecule is Fc1cc(OCC2CCCO2)c2[nH][c]nc2c1. The number of aromatic nitrogens is 2. The molecule has 1 radical (unpaired) electrons. The Labute approximate surface area is 97.8 Å². The number of fused-ring (bicyclic) bond motifs is 1. The summed E-state index contributed by atoms with van der Waals surface area (Å²) >= 11 is 0. The quantitative estimate of drug-likeness (QED) is 0.885. The zero-order chi connectivity index (χ0) is 11.7. The fourth-order valence-corrected chi connectivity index (χ4v) is 2.00. The van der Waals surface area contributed by atoms with Crippen LogP contribution in [0.3, 0.4) is 0 Å². The van der Waals surface area contributed by atoms with Crippen molar-refractivity contribution in [1.29, 1.82) is 0 Å². The summed E-state index contributed by atoms with van der Waals surface area (Å²) in [6.45, 7) is 1.22. The third-order valence-electron chi connectivity index (χ3n) is 2.85. The molecule has 2 aromatic rings. The van der Waals surface area contributed by atoms with Crippen LogP contribution in [0.2, 0.25) is 0 Å². The zero-order valence-corrected chi connectivity index (χ0v) is 9.20. The summed E-state index contributed by atoms with van der Waals surface area (Å²) in [5.74, 6) is 0.101. The molecule has 17 heavy (non-hydrogen) atoms. The number of hydrogen-bond acceptors (Lipinski definition) is 3. The molecule has 1 saturated heterocycles. The Morgan fingerprint density at radius 3 is 3.35 bits per heavy atom. The molecule has 1 unspecified atom stereocenters. The van der Waals surface area contributed by atoms with Gasteiger partial charge < -0.3 is 14.5 Å². The van der Waals surface area contributed by atoms with Gasteiger partial charge in [-0.25, -0.2) is 9.37 Å². The number of ether oxygens (including phenoxy) is 2. The average molecular weight is 235 g/mol. The van der Waals surface area contributed by atoms with Gasteiger partial charge in [0.05, 0.1) is 11.6 Å². The lowest BCUT2D eigenvalue weighted by Gasteiger charge is -2.11. The lowest BCUT2D eigenvalue weighted by molar-refractivity contribution is 0.0683. The molecule has 5 heteroatoms. The van der Waals surface area contributed by atoms with Crippen molar-refractivity contribution >= 4 is 11.0 Å². The van der Waals surface area contributed by atoms with E-state index >= 15 is 0 Å². The Morgan fingerprint density at radius 1 is 1.59 bits per heavy atom. The van der Waals surface area contributed by atoms with Crippen molar-refractivity contribution in [1.82, 2.24) is 9.97 Å². The number of halogens is 1. The third kappa shape index (κ3) is 2.10. The van der Waals surface area contributed by atoms with Crippen LogP contribution < -0.4 is 4.74 Å². The molecule has 2 heterocycles. The fourth-order valence-electron chi connectivity index (χ4n) is 2.00. The Kier molecular flexibility index (Phi) is 2.68. The highest BCUT2D eigenvalue weighted by atomic mass is 19.1. The predicted molar refractivity (Wildman–Crippen MR) is 59.4 cm³/mol. The van der Waals surface area contributed by atoms with E-state index in [0.717, 1.165) is 19.4 Å². The van der Waals surface area contributed by atoms with Crippen LogP contribution in [0.1, 0.15) is 12.8 Å². The number of H-pyrrole nitrogens is 1. The van der Waals surface area contributed by atoms with Crippen molar-refractivity contribution < 1.29 is 13.9 Å². The molecule has 0 saturated carbocycles. The summed E-state index contributed by atoms with van der Waals surface area (Å²) in [6, 6.07) is 2.70. The van der Waals surface area contributed by atoms with Crippen molar-refractivity contribution in [2.45, 2.75) is 18.9 Å². The molecule has 4 nitrogen and oxygen atoms in total. The van der Waals surface area contributed by atoms with Crippen molar-refractivity contribution in [3.05, 3.63) is 24.3 Å². The van der Waals surface area contributed by atoms with Gasteiger partial charge in [-0.3, -0.25) is 0 Å². The summed E-state index contributed by atoms with van der Waals surface area (Å²) in [4.78, 5) is 6.71. The smallest absolute Gasteiger partial charge is 0.174 e. The predicted octanol–water partition coefficient (Wildman–Crippen LogP) is 2.06. The molecule has 0 bridgehead atoms. The molecule has 1 atom stereocenters. The van der Waals surface area contributed by atoms with Crippen LogP contribution in [0, 0.1) is 12.1 Å². The van der Waals surface area contributed by atoms with Gasteiger partial charge in [0.25, 0.3) is 0 Å². The van der Waals surface area contributed by atoms with Crippen molar-refractivity contribution in [2.75, 3.05) is 13.2 Å². The Balaban J connectivity index is 1.81. The molecule has 1 aromatic carbocycles. The first-order valence-corrected chi connectivity index (χ1v) is 5.62. The number of aromatic amines is 1. The van der Waals surface area contributed by atoms with Crippen LogP contribution in [0.15, 0.2) is 12.1 Å². The van der Waals surface area contributed by atoms with Gasteiger partial charge in [0, 0.05) is 18.7 Å². The molecular formula is C12H12FN2O2. The highest BCUT2D eigenvalue weighted by Gasteiger charge is 2.17. The molecule has 89 valence electrons. The Hall–Kier alpha value is -1.62. The second kappa shape index (κ2) is 4.33. The number of hydrogen-bond donors (Lipinski definition) is 1. The largest absolute Gasteiger partial charge is 0.489 e. The summed E-state index contributed by atoms with van der Waals surface area (Å²) in [5, 5.41) is 0. The van der Waals surface area contributed by atoms with Gasteiger partial charge in [-0.05, 0) is 12.8 Å². The van der Waals surface area contributed by atoms with Crippen molar-refractivity contribution in [2.24, 2.45) is 0 Å². The van der Waals surface area contributed by atoms with E-state index in [9.17, 15) is 4.39 Å². The van der Waals surface area contributed by atoms with Gasteiger partial charge in [0.15, 0.2) is 6.33 Å². The van der Waals surface area contributed by atoms with Crippen LogP contribution in [-0.2, 0) is 4.74 Å². The van der Waals surface area contributed by atoms with Crippen LogP contribution in [0.4, 0.5) is 4.39 Å². The molecule has 1 aliphatic rings. The van der Waals surface area contributed by atoms with Gasteiger partial charge in [-0.15, -0.1) is 0 Å². The number of nitrogens with one attached hydrogen (secondary N) is 1. The van der Waals surface area contributed by atoms with Crippen LogP contribution in [0.5, 0.6) is 5.75 Å². The number of rotatable bonds is 3. The standard InChI is InChI=1S/C12H12FN2O2/c13-8-4-10-12(15-7-14-10)11(5-8)17-6-9-2-1-3-16-9/h4-5,9H,1-3,6H2,(H,14,15). The maximum Gasteiger partial charge on any atom is 0.174 e. The minimum absolute atomic E-state index is 0.111. The van der Waals surface area contributed by atoms with Crippen LogP contribution >= 0.6 is 0 Å². The monoisotopic (exact) mass is 235 g/mol. The molecule has 1 N–H and O–H groups in total. The molecular weight excluding hydrogens is 223 g/mol. The van der Waals surface area contributed by atoms with Crippen LogP contribution in [0.25, 0.3) is 11.0 Å². The summed E-state index contributed by atoms with van der Waals surface area (Å²) in [7, 11) is 0. The van der Waals surface area contributed by atoms with E-state index in [1.54, 1.807) is 0 Å². The second-order valence-electron chi connectivity index (χ2n) is 4.09. The highest BCUT2D eigenvalue weighted by molar-refractivity contribution is 5.81. The summed E-state index contributed by atoms with van der Waals surface area (Å²) < 4.78 is 24.3. The maximum absolute atomic E-state index is 13.3. The number of nitrogens with zero attached hydrogens (tertiary/aromatic N) is 1. The van der Waals surface area contributed by atoms with E-state index in [1.807, 2.05) is 0 Å². The second-order valence-corrected chi connectivity index (χ2v) is 4.09. The van der Waals surface area contributed by atoms with E-state index in [0.29, 0.717) is 23.4 Å². The normalized spacial score (nSPS) is 19.9. The molecule has 1 aliphatic heterocycles. The lowest BCUT2D eigenvalue weighted by atomic mass is 10.2. The number of benzene rings is 1. The van der Waals surface area contributed by atoms with Gasteiger partial charge in [0.2, 0.25) is 0 Å². The van der Waals surface area contributed by atoms with Crippen molar-refractivity contribution in [3.8, 4) is 5.75 Å². The van der Waals surface area contributed by atoms with Gasteiger partial charge in [0.1, 0.15) is 23.7 Å². The third-order valence-corrected chi connectivity index (χ3v) is 2.85. The summed E-state index contributed by atoms with van der Waals surface area (Å²) in [6.07, 6.45) is 4.75. The number of imidazole rings is 1. The van der Waals surface area contributed by atoms with Gasteiger partial charge in [-0.2, -0.15) is 0 Å². The minimum Gasteiger partial charge on any atom is -0.489 e. The van der Waals surface area contributed by atoms with Crippen LogP contribution in [-0.4, -0.2) is 29.3 Å². The maximum atomic E-state index is 13.3. The molecule has 0 amide bonds. The van der Waals surface area contributed by atoms with E-state index in [1.165, 1.54) is 12.1 Å². The minimum atomic E-state index is -0.361. The van der Waals surface area contributed by atoms with E-state index < -0.39 is 0 Å². The topological polar surface area (TPSA) is 47.1 Å². The first kappa shape index (κ1) is 10.5. The Bertz CT molecular complexity index is 520. The molecule has 1 aromatic heterocycles.